The summed E-state index contributed by atoms with van der Waals surface area (Å²) in [6.07, 6.45) is 4.67. The van der Waals surface area contributed by atoms with Crippen LogP contribution >= 0.6 is 11.8 Å². The first-order valence-corrected chi connectivity index (χ1v) is 9.13. The SMILES string of the molecule is Cc1ccc(-c2nc(CSCC(=O)NC3CCCC3)no2)cc1. The zero-order chi connectivity index (χ0) is 16.1. The number of hydrogen-bond acceptors (Lipinski definition) is 5. The molecule has 23 heavy (non-hydrogen) atoms. The highest BCUT2D eigenvalue weighted by Gasteiger charge is 2.17. The maximum absolute atomic E-state index is 11.9. The number of aryl methyl sites for hydroxylation is 1. The molecule has 1 saturated carbocycles. The smallest absolute Gasteiger partial charge is 0.257 e. The molecule has 3 rings (SSSR count). The molecule has 1 aliphatic rings. The van der Waals surface area contributed by atoms with E-state index in [1.54, 1.807) is 0 Å². The molecule has 0 bridgehead atoms. The van der Waals surface area contributed by atoms with Gasteiger partial charge in [0.25, 0.3) is 5.89 Å². The molecule has 6 heteroatoms. The Kier molecular flexibility index (Phi) is 5.33. The van der Waals surface area contributed by atoms with Gasteiger partial charge in [0.2, 0.25) is 5.91 Å². The van der Waals surface area contributed by atoms with Gasteiger partial charge >= 0.3 is 0 Å². The summed E-state index contributed by atoms with van der Waals surface area (Å²) in [4.78, 5) is 16.2. The van der Waals surface area contributed by atoms with E-state index in [4.69, 9.17) is 4.52 Å². The molecule has 0 unspecified atom stereocenters. The highest BCUT2D eigenvalue weighted by atomic mass is 32.2. The number of nitrogens with one attached hydrogen (secondary N) is 1. The van der Waals surface area contributed by atoms with Crippen LogP contribution < -0.4 is 5.32 Å². The van der Waals surface area contributed by atoms with Crippen molar-refractivity contribution in [3.63, 3.8) is 0 Å². The van der Waals surface area contributed by atoms with Crippen LogP contribution in [0.1, 0.15) is 37.1 Å². The lowest BCUT2D eigenvalue weighted by Gasteiger charge is -2.10. The second-order valence-corrected chi connectivity index (χ2v) is 6.91. The first-order valence-electron chi connectivity index (χ1n) is 7.97. The molecule has 0 aliphatic heterocycles. The van der Waals surface area contributed by atoms with Crippen LogP contribution in [0, 0.1) is 6.92 Å². The van der Waals surface area contributed by atoms with Crippen molar-refractivity contribution in [2.24, 2.45) is 0 Å². The number of carbonyl (C=O) groups excluding carboxylic acids is 1. The number of benzene rings is 1. The Morgan fingerprint density at radius 3 is 2.78 bits per heavy atom. The van der Waals surface area contributed by atoms with E-state index in [1.807, 2.05) is 31.2 Å². The molecular weight excluding hydrogens is 310 g/mol. The van der Waals surface area contributed by atoms with Gasteiger partial charge in [0.15, 0.2) is 5.82 Å². The van der Waals surface area contributed by atoms with Crippen molar-refractivity contribution in [1.82, 2.24) is 15.5 Å². The van der Waals surface area contributed by atoms with Crippen molar-refractivity contribution in [3.05, 3.63) is 35.7 Å². The normalized spacial score (nSPS) is 15.0. The number of thioether (sulfide) groups is 1. The summed E-state index contributed by atoms with van der Waals surface area (Å²) in [5.74, 6) is 2.26. The van der Waals surface area contributed by atoms with Crippen LogP contribution in [0.4, 0.5) is 0 Å². The molecule has 1 aromatic carbocycles. The molecule has 1 N–H and O–H groups in total. The molecule has 0 spiro atoms. The van der Waals surface area contributed by atoms with Crippen LogP contribution in [-0.4, -0.2) is 27.8 Å². The average molecular weight is 331 g/mol. The summed E-state index contributed by atoms with van der Waals surface area (Å²) in [5.41, 5.74) is 2.11. The summed E-state index contributed by atoms with van der Waals surface area (Å²) < 4.78 is 5.28. The fourth-order valence-electron chi connectivity index (χ4n) is 2.70. The maximum atomic E-state index is 11.9. The van der Waals surface area contributed by atoms with Gasteiger partial charge in [-0.15, -0.1) is 11.8 Å². The van der Waals surface area contributed by atoms with Gasteiger partial charge < -0.3 is 9.84 Å². The average Bonchev–Trinajstić information content (AvgIpc) is 3.20. The second-order valence-electron chi connectivity index (χ2n) is 5.92. The van der Waals surface area contributed by atoms with E-state index >= 15 is 0 Å². The number of rotatable bonds is 6. The highest BCUT2D eigenvalue weighted by molar-refractivity contribution is 7.99. The van der Waals surface area contributed by atoms with E-state index in [0.717, 1.165) is 18.4 Å². The monoisotopic (exact) mass is 331 g/mol. The van der Waals surface area contributed by atoms with E-state index in [2.05, 4.69) is 15.5 Å². The van der Waals surface area contributed by atoms with Crippen LogP contribution in [0.3, 0.4) is 0 Å². The number of amides is 1. The molecule has 0 saturated heterocycles. The Morgan fingerprint density at radius 2 is 2.04 bits per heavy atom. The summed E-state index contributed by atoms with van der Waals surface area (Å²) >= 11 is 1.51. The Balaban J connectivity index is 1.45. The van der Waals surface area contributed by atoms with Gasteiger partial charge in [-0.05, 0) is 31.9 Å². The number of aromatic nitrogens is 2. The summed E-state index contributed by atoms with van der Waals surface area (Å²) in [7, 11) is 0. The Labute approximate surface area is 140 Å². The lowest BCUT2D eigenvalue weighted by atomic mass is 10.1. The summed E-state index contributed by atoms with van der Waals surface area (Å²) in [6.45, 7) is 2.04. The van der Waals surface area contributed by atoms with Crippen molar-refractivity contribution in [1.29, 1.82) is 0 Å². The van der Waals surface area contributed by atoms with Crippen LogP contribution in [0.25, 0.3) is 11.5 Å². The topological polar surface area (TPSA) is 68.0 Å². The molecule has 1 heterocycles. The van der Waals surface area contributed by atoms with Gasteiger partial charge in [0, 0.05) is 11.6 Å². The molecule has 122 valence electrons. The van der Waals surface area contributed by atoms with E-state index < -0.39 is 0 Å². The minimum absolute atomic E-state index is 0.101. The zero-order valence-electron chi connectivity index (χ0n) is 13.2. The second kappa shape index (κ2) is 7.64. The third-order valence-corrected chi connectivity index (χ3v) is 4.88. The quantitative estimate of drug-likeness (QED) is 0.879. The highest BCUT2D eigenvalue weighted by Crippen LogP contribution is 2.20. The van der Waals surface area contributed by atoms with Crippen LogP contribution in [-0.2, 0) is 10.5 Å². The Morgan fingerprint density at radius 1 is 1.30 bits per heavy atom. The lowest BCUT2D eigenvalue weighted by molar-refractivity contribution is -0.119. The number of nitrogens with zero attached hydrogens (tertiary/aromatic N) is 2. The first-order chi connectivity index (χ1) is 11.2. The van der Waals surface area contributed by atoms with Gasteiger partial charge in [0.1, 0.15) is 0 Å². The van der Waals surface area contributed by atoms with E-state index in [1.165, 1.54) is 30.2 Å². The first kappa shape index (κ1) is 16.1. The number of hydrogen-bond donors (Lipinski definition) is 1. The Bertz CT molecular complexity index is 648. The standard InChI is InChI=1S/C17H21N3O2S/c1-12-6-8-13(9-7-12)17-19-15(20-22-17)10-23-11-16(21)18-14-4-2-3-5-14/h6-9,14H,2-5,10-11H2,1H3,(H,18,21). The molecule has 0 radical (unpaired) electrons. The van der Waals surface area contributed by atoms with Gasteiger partial charge in [-0.1, -0.05) is 35.7 Å². The molecule has 1 aromatic heterocycles. The molecule has 1 aliphatic carbocycles. The number of carbonyl (C=O) groups is 1. The molecule has 1 fully saturated rings. The van der Waals surface area contributed by atoms with Gasteiger partial charge in [-0.3, -0.25) is 4.79 Å². The van der Waals surface area contributed by atoms with Crippen LogP contribution in [0.15, 0.2) is 28.8 Å². The van der Waals surface area contributed by atoms with Gasteiger partial charge in [0.05, 0.1) is 11.5 Å². The lowest BCUT2D eigenvalue weighted by Crippen LogP contribution is -2.33. The van der Waals surface area contributed by atoms with Crippen LogP contribution in [0.2, 0.25) is 0 Å². The third kappa shape index (κ3) is 4.58. The van der Waals surface area contributed by atoms with E-state index in [-0.39, 0.29) is 5.91 Å². The third-order valence-electron chi connectivity index (χ3n) is 3.95. The molecule has 1 amide bonds. The fraction of sp³-hybridized carbons (Fsp3) is 0.471. The van der Waals surface area contributed by atoms with E-state index in [0.29, 0.717) is 29.3 Å². The molecule has 2 aromatic rings. The van der Waals surface area contributed by atoms with Crippen molar-refractivity contribution >= 4 is 17.7 Å². The molecule has 0 atom stereocenters. The van der Waals surface area contributed by atoms with Crippen molar-refractivity contribution in [2.45, 2.75) is 44.4 Å². The van der Waals surface area contributed by atoms with Gasteiger partial charge in [-0.2, -0.15) is 4.98 Å². The fourth-order valence-corrected chi connectivity index (χ4v) is 3.37. The minimum Gasteiger partial charge on any atom is -0.353 e. The Hall–Kier alpha value is -1.82. The van der Waals surface area contributed by atoms with Crippen molar-refractivity contribution in [2.75, 3.05) is 5.75 Å². The predicted octanol–water partition coefficient (Wildman–Crippen LogP) is 3.34. The van der Waals surface area contributed by atoms with E-state index in [9.17, 15) is 4.79 Å². The largest absolute Gasteiger partial charge is 0.353 e. The van der Waals surface area contributed by atoms with Gasteiger partial charge in [-0.25, -0.2) is 0 Å². The maximum Gasteiger partial charge on any atom is 0.257 e. The molecule has 5 nitrogen and oxygen atoms in total. The predicted molar refractivity (Wildman–Crippen MR) is 91.0 cm³/mol. The zero-order valence-corrected chi connectivity index (χ0v) is 14.1. The van der Waals surface area contributed by atoms with Crippen molar-refractivity contribution in [3.8, 4) is 11.5 Å². The summed E-state index contributed by atoms with van der Waals surface area (Å²) in [5, 5.41) is 7.05. The van der Waals surface area contributed by atoms with Crippen LogP contribution in [0.5, 0.6) is 0 Å². The summed E-state index contributed by atoms with van der Waals surface area (Å²) in [6, 6.07) is 8.34. The minimum atomic E-state index is 0.101. The molecular formula is C17H21N3O2S. The van der Waals surface area contributed by atoms with Crippen molar-refractivity contribution < 1.29 is 9.32 Å².